The zero-order valence-electron chi connectivity index (χ0n) is 10.6. The number of carbonyl (C=O) groups excluding carboxylic acids is 1. The highest BCUT2D eigenvalue weighted by molar-refractivity contribution is 5.94. The Labute approximate surface area is 110 Å². The van der Waals surface area contributed by atoms with Crippen molar-refractivity contribution in [2.45, 2.75) is 26.2 Å². The van der Waals surface area contributed by atoms with Gasteiger partial charge in [0.25, 0.3) is 5.69 Å². The molecule has 102 valence electrons. The van der Waals surface area contributed by atoms with Crippen molar-refractivity contribution in [1.82, 2.24) is 0 Å². The summed E-state index contributed by atoms with van der Waals surface area (Å²) in [6.45, 7) is 2.03. The van der Waals surface area contributed by atoms with Gasteiger partial charge in [-0.3, -0.25) is 14.9 Å². The molecule has 2 atom stereocenters. The largest absolute Gasteiger partial charge is 0.506 e. The number of nitrogens with zero attached hydrogens (tertiary/aromatic N) is 1. The van der Waals surface area contributed by atoms with Crippen LogP contribution in [0.3, 0.4) is 0 Å². The molecule has 2 N–H and O–H groups in total. The number of hydrogen-bond donors (Lipinski definition) is 2. The van der Waals surface area contributed by atoms with Gasteiger partial charge in [0.05, 0.1) is 16.7 Å². The van der Waals surface area contributed by atoms with E-state index in [0.29, 0.717) is 5.92 Å². The summed E-state index contributed by atoms with van der Waals surface area (Å²) in [5.74, 6) is -0.128. The van der Waals surface area contributed by atoms with Gasteiger partial charge in [-0.05, 0) is 24.8 Å². The number of amides is 1. The lowest BCUT2D eigenvalue weighted by atomic mass is 9.97. The van der Waals surface area contributed by atoms with Crippen molar-refractivity contribution in [3.05, 3.63) is 28.3 Å². The fourth-order valence-corrected chi connectivity index (χ4v) is 2.50. The van der Waals surface area contributed by atoms with Crippen LogP contribution in [0, 0.1) is 22.0 Å². The first-order chi connectivity index (χ1) is 8.99. The van der Waals surface area contributed by atoms with Gasteiger partial charge in [0.15, 0.2) is 0 Å². The molecule has 0 heterocycles. The van der Waals surface area contributed by atoms with Gasteiger partial charge >= 0.3 is 0 Å². The quantitative estimate of drug-likeness (QED) is 0.498. The summed E-state index contributed by atoms with van der Waals surface area (Å²) < 4.78 is 0. The van der Waals surface area contributed by atoms with Crippen molar-refractivity contribution >= 4 is 17.3 Å². The van der Waals surface area contributed by atoms with Crippen molar-refractivity contribution in [3.8, 4) is 5.75 Å². The lowest BCUT2D eigenvalue weighted by Crippen LogP contribution is -2.24. The van der Waals surface area contributed by atoms with E-state index >= 15 is 0 Å². The second kappa shape index (κ2) is 5.26. The van der Waals surface area contributed by atoms with Crippen LogP contribution >= 0.6 is 0 Å². The normalized spacial score (nSPS) is 22.2. The second-order valence-corrected chi connectivity index (χ2v) is 4.96. The molecule has 1 fully saturated rings. The molecule has 1 saturated carbocycles. The first-order valence-corrected chi connectivity index (χ1v) is 6.27. The molecule has 1 aromatic carbocycles. The highest BCUT2D eigenvalue weighted by Gasteiger charge is 2.30. The molecule has 0 saturated heterocycles. The van der Waals surface area contributed by atoms with Crippen LogP contribution in [0.25, 0.3) is 0 Å². The molecule has 6 nitrogen and oxygen atoms in total. The number of phenols is 1. The number of non-ortho nitro benzene ring substituents is 1. The molecular formula is C13H16N2O4. The van der Waals surface area contributed by atoms with E-state index in [1.165, 1.54) is 12.1 Å². The molecule has 2 unspecified atom stereocenters. The Morgan fingerprint density at radius 3 is 2.74 bits per heavy atom. The van der Waals surface area contributed by atoms with Crippen LogP contribution < -0.4 is 5.32 Å². The van der Waals surface area contributed by atoms with Gasteiger partial charge < -0.3 is 10.4 Å². The molecule has 0 bridgehead atoms. The number of aromatic hydroxyl groups is 1. The number of benzene rings is 1. The Bertz CT molecular complexity index is 515. The van der Waals surface area contributed by atoms with Gasteiger partial charge in [0.1, 0.15) is 5.75 Å². The summed E-state index contributed by atoms with van der Waals surface area (Å²) in [5, 5.41) is 22.9. The molecule has 0 radical (unpaired) electrons. The van der Waals surface area contributed by atoms with E-state index in [1.54, 1.807) is 0 Å². The molecule has 1 aromatic rings. The predicted molar refractivity (Wildman–Crippen MR) is 69.9 cm³/mol. The van der Waals surface area contributed by atoms with Gasteiger partial charge in [-0.25, -0.2) is 0 Å². The SMILES string of the molecule is CC1CCCC1C(=O)Nc1ccc([N+](=O)[O-])cc1O. The number of carbonyl (C=O) groups is 1. The molecule has 0 spiro atoms. The maximum absolute atomic E-state index is 12.0. The van der Waals surface area contributed by atoms with Crippen LogP contribution in [0.15, 0.2) is 18.2 Å². The van der Waals surface area contributed by atoms with Gasteiger partial charge in [0, 0.05) is 12.0 Å². The van der Waals surface area contributed by atoms with E-state index in [2.05, 4.69) is 5.32 Å². The van der Waals surface area contributed by atoms with Crippen LogP contribution in [-0.4, -0.2) is 15.9 Å². The van der Waals surface area contributed by atoms with Crippen LogP contribution in [-0.2, 0) is 4.79 Å². The fraction of sp³-hybridized carbons (Fsp3) is 0.462. The zero-order valence-corrected chi connectivity index (χ0v) is 10.6. The number of rotatable bonds is 3. The van der Waals surface area contributed by atoms with Crippen molar-refractivity contribution in [2.24, 2.45) is 11.8 Å². The van der Waals surface area contributed by atoms with Gasteiger partial charge in [-0.1, -0.05) is 13.3 Å². The number of anilines is 1. The summed E-state index contributed by atoms with van der Waals surface area (Å²) in [5.41, 5.74) is 0.0134. The average Bonchev–Trinajstić information content (AvgIpc) is 2.77. The van der Waals surface area contributed by atoms with Gasteiger partial charge in [0.2, 0.25) is 5.91 Å². The molecular weight excluding hydrogens is 248 g/mol. The van der Waals surface area contributed by atoms with Gasteiger partial charge in [-0.2, -0.15) is 0 Å². The third-order valence-electron chi connectivity index (χ3n) is 3.65. The third kappa shape index (κ3) is 2.83. The minimum absolute atomic E-state index is 0.0467. The van der Waals surface area contributed by atoms with E-state index in [0.717, 1.165) is 25.3 Å². The number of nitro groups is 1. The molecule has 1 amide bonds. The standard InChI is InChI=1S/C13H16N2O4/c1-8-3-2-4-10(8)13(17)14-11-6-5-9(15(18)19)7-12(11)16/h5-8,10,16H,2-4H2,1H3,(H,14,17). The Balaban J connectivity index is 2.11. The molecule has 0 aromatic heterocycles. The van der Waals surface area contributed by atoms with Crippen LogP contribution in [0.5, 0.6) is 5.75 Å². The highest BCUT2D eigenvalue weighted by atomic mass is 16.6. The number of nitrogens with one attached hydrogen (secondary N) is 1. The third-order valence-corrected chi connectivity index (χ3v) is 3.65. The highest BCUT2D eigenvalue weighted by Crippen LogP contribution is 2.34. The Hall–Kier alpha value is -2.11. The molecule has 0 aliphatic heterocycles. The first kappa shape index (κ1) is 13.3. The van der Waals surface area contributed by atoms with E-state index in [4.69, 9.17) is 0 Å². The Kier molecular flexibility index (Phi) is 3.69. The Morgan fingerprint density at radius 1 is 1.47 bits per heavy atom. The number of hydrogen-bond acceptors (Lipinski definition) is 4. The maximum Gasteiger partial charge on any atom is 0.273 e. The summed E-state index contributed by atoms with van der Waals surface area (Å²) in [7, 11) is 0. The smallest absolute Gasteiger partial charge is 0.273 e. The van der Waals surface area contributed by atoms with Crippen molar-refractivity contribution < 1.29 is 14.8 Å². The van der Waals surface area contributed by atoms with Crippen LogP contribution in [0.1, 0.15) is 26.2 Å². The average molecular weight is 264 g/mol. The van der Waals surface area contributed by atoms with Crippen LogP contribution in [0.2, 0.25) is 0 Å². The number of nitro benzene ring substituents is 1. The monoisotopic (exact) mass is 264 g/mol. The molecule has 1 aliphatic rings. The lowest BCUT2D eigenvalue weighted by molar-refractivity contribution is -0.384. The first-order valence-electron chi connectivity index (χ1n) is 6.27. The molecule has 19 heavy (non-hydrogen) atoms. The van der Waals surface area contributed by atoms with E-state index < -0.39 is 4.92 Å². The summed E-state index contributed by atoms with van der Waals surface area (Å²) in [6.07, 6.45) is 2.91. The second-order valence-electron chi connectivity index (χ2n) is 4.96. The number of phenolic OH excluding ortho intramolecular Hbond substituents is 1. The predicted octanol–water partition coefficient (Wildman–Crippen LogP) is 2.68. The van der Waals surface area contributed by atoms with E-state index in [-0.39, 0.29) is 28.9 Å². The molecule has 6 heteroatoms. The Morgan fingerprint density at radius 2 is 2.21 bits per heavy atom. The minimum Gasteiger partial charge on any atom is -0.506 e. The van der Waals surface area contributed by atoms with Gasteiger partial charge in [-0.15, -0.1) is 0 Å². The van der Waals surface area contributed by atoms with Crippen molar-refractivity contribution in [2.75, 3.05) is 5.32 Å². The fourth-order valence-electron chi connectivity index (χ4n) is 2.50. The van der Waals surface area contributed by atoms with E-state index in [9.17, 15) is 20.0 Å². The summed E-state index contributed by atoms with van der Waals surface area (Å²) >= 11 is 0. The lowest BCUT2D eigenvalue weighted by Gasteiger charge is -2.15. The minimum atomic E-state index is -0.593. The van der Waals surface area contributed by atoms with E-state index in [1.807, 2.05) is 6.92 Å². The molecule has 2 rings (SSSR count). The maximum atomic E-state index is 12.0. The van der Waals surface area contributed by atoms with Crippen molar-refractivity contribution in [1.29, 1.82) is 0 Å². The molecule has 1 aliphatic carbocycles. The topological polar surface area (TPSA) is 92.5 Å². The zero-order chi connectivity index (χ0) is 14.0. The van der Waals surface area contributed by atoms with Crippen LogP contribution in [0.4, 0.5) is 11.4 Å². The summed E-state index contributed by atoms with van der Waals surface area (Å²) in [6, 6.07) is 3.64. The van der Waals surface area contributed by atoms with Crippen molar-refractivity contribution in [3.63, 3.8) is 0 Å². The summed E-state index contributed by atoms with van der Waals surface area (Å²) in [4.78, 5) is 22.0.